The Bertz CT molecular complexity index is 227. The molecule has 0 amide bonds. The van der Waals surface area contributed by atoms with E-state index >= 15 is 0 Å². The minimum Gasteiger partial charge on any atom is -0.461 e. The lowest BCUT2D eigenvalue weighted by molar-refractivity contribution is -0.137. The van der Waals surface area contributed by atoms with Gasteiger partial charge in [-0.15, -0.1) is 0 Å². The van der Waals surface area contributed by atoms with E-state index in [1.54, 1.807) is 6.92 Å². The van der Waals surface area contributed by atoms with Crippen molar-refractivity contribution in [3.63, 3.8) is 0 Å². The number of rotatable bonds is 2. The number of oxime groups is 1. The molecule has 6 nitrogen and oxygen atoms in total. The van der Waals surface area contributed by atoms with Crippen LogP contribution in [0.4, 0.5) is 0 Å². The van der Waals surface area contributed by atoms with Crippen LogP contribution in [0.5, 0.6) is 0 Å². The maximum absolute atomic E-state index is 11.0. The molecule has 1 rings (SSSR count). The SMILES string of the molecule is CCOC(=O)C1=NOC[C@H](O)[C@@H]1O. The van der Waals surface area contributed by atoms with Gasteiger partial charge in [0.15, 0.2) is 5.71 Å². The van der Waals surface area contributed by atoms with Gasteiger partial charge in [0.2, 0.25) is 0 Å². The van der Waals surface area contributed by atoms with Gasteiger partial charge in [-0.3, -0.25) is 0 Å². The lowest BCUT2D eigenvalue weighted by Gasteiger charge is -2.21. The summed E-state index contributed by atoms with van der Waals surface area (Å²) >= 11 is 0. The third-order valence-electron chi connectivity index (χ3n) is 1.54. The molecule has 0 unspecified atom stereocenters. The van der Waals surface area contributed by atoms with Crippen LogP contribution in [0.25, 0.3) is 0 Å². The van der Waals surface area contributed by atoms with Crippen molar-refractivity contribution >= 4 is 11.7 Å². The van der Waals surface area contributed by atoms with E-state index in [4.69, 9.17) is 5.11 Å². The Kier molecular flexibility index (Phi) is 3.21. The molecule has 1 heterocycles. The molecule has 0 saturated carbocycles. The highest BCUT2D eigenvalue weighted by Crippen LogP contribution is 2.06. The minimum atomic E-state index is -1.33. The van der Waals surface area contributed by atoms with Crippen LogP contribution < -0.4 is 0 Å². The topological polar surface area (TPSA) is 88.4 Å². The first-order chi connectivity index (χ1) is 6.16. The monoisotopic (exact) mass is 189 g/mol. The lowest BCUT2D eigenvalue weighted by Crippen LogP contribution is -2.44. The second-order valence-electron chi connectivity index (χ2n) is 2.50. The first-order valence-electron chi connectivity index (χ1n) is 3.90. The van der Waals surface area contributed by atoms with Gasteiger partial charge in [0.05, 0.1) is 6.61 Å². The van der Waals surface area contributed by atoms with Crippen LogP contribution in [0.2, 0.25) is 0 Å². The maximum atomic E-state index is 11.0. The molecule has 1 aliphatic rings. The molecule has 0 spiro atoms. The van der Waals surface area contributed by atoms with E-state index < -0.39 is 18.2 Å². The number of ether oxygens (including phenoxy) is 1. The zero-order valence-electron chi connectivity index (χ0n) is 7.14. The highest BCUT2D eigenvalue weighted by Gasteiger charge is 2.33. The molecule has 1 aliphatic heterocycles. The summed E-state index contributed by atoms with van der Waals surface area (Å²) in [6.07, 6.45) is -2.45. The van der Waals surface area contributed by atoms with Gasteiger partial charge >= 0.3 is 5.97 Å². The van der Waals surface area contributed by atoms with Crippen molar-refractivity contribution in [3.05, 3.63) is 0 Å². The summed E-state index contributed by atoms with van der Waals surface area (Å²) in [6, 6.07) is 0. The summed E-state index contributed by atoms with van der Waals surface area (Å²) in [6.45, 7) is 1.69. The van der Waals surface area contributed by atoms with Gasteiger partial charge in [-0.05, 0) is 6.92 Å². The van der Waals surface area contributed by atoms with Crippen LogP contribution in [0.15, 0.2) is 5.16 Å². The fraction of sp³-hybridized carbons (Fsp3) is 0.714. The molecular formula is C7H11NO5. The number of aliphatic hydroxyl groups is 2. The summed E-state index contributed by atoms with van der Waals surface area (Å²) in [5.74, 6) is -0.770. The van der Waals surface area contributed by atoms with E-state index in [0.29, 0.717) is 0 Å². The Balaban J connectivity index is 2.67. The Morgan fingerprint density at radius 1 is 1.77 bits per heavy atom. The first-order valence-corrected chi connectivity index (χ1v) is 3.90. The third-order valence-corrected chi connectivity index (χ3v) is 1.54. The van der Waals surface area contributed by atoms with Gasteiger partial charge in [0.1, 0.15) is 18.8 Å². The summed E-state index contributed by atoms with van der Waals surface area (Å²) < 4.78 is 4.58. The van der Waals surface area contributed by atoms with E-state index in [2.05, 4.69) is 14.7 Å². The summed E-state index contributed by atoms with van der Waals surface area (Å²) in [4.78, 5) is 15.6. The predicted molar refractivity (Wildman–Crippen MR) is 42.0 cm³/mol. The Labute approximate surface area is 74.7 Å². The van der Waals surface area contributed by atoms with Gasteiger partial charge in [0, 0.05) is 0 Å². The molecule has 13 heavy (non-hydrogen) atoms. The van der Waals surface area contributed by atoms with Gasteiger partial charge < -0.3 is 19.8 Å². The van der Waals surface area contributed by atoms with Crippen molar-refractivity contribution < 1.29 is 24.6 Å². The predicted octanol–water partition coefficient (Wildman–Crippen LogP) is -1.34. The molecule has 6 heteroatoms. The average molecular weight is 189 g/mol. The Morgan fingerprint density at radius 3 is 3.08 bits per heavy atom. The van der Waals surface area contributed by atoms with E-state index in [-0.39, 0.29) is 18.9 Å². The molecule has 0 aromatic rings. The molecule has 2 N–H and O–H groups in total. The van der Waals surface area contributed by atoms with Crippen LogP contribution in [-0.2, 0) is 14.4 Å². The van der Waals surface area contributed by atoms with Gasteiger partial charge in [-0.2, -0.15) is 0 Å². The normalized spacial score (nSPS) is 27.5. The fourth-order valence-corrected chi connectivity index (χ4v) is 0.874. The second-order valence-corrected chi connectivity index (χ2v) is 2.50. The molecule has 0 aromatic heterocycles. The molecule has 0 radical (unpaired) electrons. The zero-order valence-corrected chi connectivity index (χ0v) is 7.14. The van der Waals surface area contributed by atoms with E-state index in [9.17, 15) is 9.90 Å². The third kappa shape index (κ3) is 2.16. The zero-order chi connectivity index (χ0) is 9.84. The fourth-order valence-electron chi connectivity index (χ4n) is 0.874. The summed E-state index contributed by atoms with van der Waals surface area (Å²) in [5.41, 5.74) is -0.291. The molecule has 0 saturated heterocycles. The quantitative estimate of drug-likeness (QED) is 0.525. The number of carbonyl (C=O) groups excluding carboxylic acids is 1. The summed E-state index contributed by atoms with van der Waals surface area (Å²) in [5, 5.41) is 21.7. The minimum absolute atomic E-state index is 0.121. The molecule has 0 aliphatic carbocycles. The largest absolute Gasteiger partial charge is 0.461 e. The second kappa shape index (κ2) is 4.20. The molecule has 0 fully saturated rings. The standard InChI is InChI=1S/C7H11NO5/c1-2-12-7(11)5-6(10)4(9)3-13-8-5/h4,6,9-10H,2-3H2,1H3/t4-,6-/m0/s1. The van der Waals surface area contributed by atoms with Gasteiger partial charge in [0.25, 0.3) is 0 Å². The Morgan fingerprint density at radius 2 is 2.46 bits per heavy atom. The van der Waals surface area contributed by atoms with Crippen LogP contribution >= 0.6 is 0 Å². The first kappa shape index (κ1) is 9.94. The van der Waals surface area contributed by atoms with E-state index in [0.717, 1.165) is 0 Å². The maximum Gasteiger partial charge on any atom is 0.358 e. The van der Waals surface area contributed by atoms with Crippen molar-refractivity contribution in [1.82, 2.24) is 0 Å². The lowest BCUT2D eigenvalue weighted by atomic mass is 10.1. The van der Waals surface area contributed by atoms with Crippen molar-refractivity contribution in [2.45, 2.75) is 19.1 Å². The smallest absolute Gasteiger partial charge is 0.358 e. The van der Waals surface area contributed by atoms with Crippen molar-refractivity contribution in [1.29, 1.82) is 0 Å². The number of carbonyl (C=O) groups is 1. The van der Waals surface area contributed by atoms with Gasteiger partial charge in [-0.25, -0.2) is 4.79 Å². The highest BCUT2D eigenvalue weighted by atomic mass is 16.6. The van der Waals surface area contributed by atoms with Crippen molar-refractivity contribution in [2.24, 2.45) is 5.16 Å². The number of hydrogen-bond donors (Lipinski definition) is 2. The summed E-state index contributed by atoms with van der Waals surface area (Å²) in [7, 11) is 0. The van der Waals surface area contributed by atoms with Crippen LogP contribution in [0, 0.1) is 0 Å². The molecular weight excluding hydrogens is 178 g/mol. The molecule has 0 aromatic carbocycles. The number of esters is 1. The van der Waals surface area contributed by atoms with E-state index in [1.807, 2.05) is 0 Å². The van der Waals surface area contributed by atoms with Gasteiger partial charge in [-0.1, -0.05) is 5.16 Å². The molecule has 2 atom stereocenters. The average Bonchev–Trinajstić information content (AvgIpc) is 2.10. The van der Waals surface area contributed by atoms with Crippen LogP contribution in [0.3, 0.4) is 0 Å². The van der Waals surface area contributed by atoms with E-state index in [1.165, 1.54) is 0 Å². The van der Waals surface area contributed by atoms with Crippen molar-refractivity contribution in [3.8, 4) is 0 Å². The molecule has 74 valence electrons. The van der Waals surface area contributed by atoms with Crippen LogP contribution in [0.1, 0.15) is 6.92 Å². The number of nitrogens with zero attached hydrogens (tertiary/aromatic N) is 1. The highest BCUT2D eigenvalue weighted by molar-refractivity contribution is 6.38. The molecule has 0 bridgehead atoms. The number of aliphatic hydroxyl groups excluding tert-OH is 2. The number of hydrogen-bond acceptors (Lipinski definition) is 6. The van der Waals surface area contributed by atoms with Crippen LogP contribution in [-0.4, -0.2) is 47.3 Å². The Hall–Kier alpha value is -1.14. The van der Waals surface area contributed by atoms with Crippen molar-refractivity contribution in [2.75, 3.05) is 13.2 Å².